The van der Waals surface area contributed by atoms with Crippen molar-refractivity contribution in [3.8, 4) is 11.5 Å². The van der Waals surface area contributed by atoms with Gasteiger partial charge in [-0.25, -0.2) is 0 Å². The first-order chi connectivity index (χ1) is 17.0. The highest BCUT2D eigenvalue weighted by Crippen LogP contribution is 2.49. The lowest BCUT2D eigenvalue weighted by Crippen LogP contribution is -2.52. The summed E-state index contributed by atoms with van der Waals surface area (Å²) >= 11 is 0. The highest BCUT2D eigenvalue weighted by Gasteiger charge is 2.50. The summed E-state index contributed by atoms with van der Waals surface area (Å²) in [5, 5.41) is 3.15. The van der Waals surface area contributed by atoms with Crippen LogP contribution >= 0.6 is 0 Å². The van der Waals surface area contributed by atoms with Crippen LogP contribution in [0.5, 0.6) is 11.5 Å². The SMILES string of the molecule is COc1ccc2c(c1OC)C(=O)N1c3ccccc3C(=O)N(CC(=O)NC3CCCCCCC3)[C@H]21. The molecule has 8 nitrogen and oxygen atoms in total. The molecule has 8 heteroatoms. The van der Waals surface area contributed by atoms with Gasteiger partial charge in [-0.05, 0) is 31.0 Å². The van der Waals surface area contributed by atoms with Crippen LogP contribution in [0.3, 0.4) is 0 Å². The molecule has 0 unspecified atom stereocenters. The Morgan fingerprint density at radius 1 is 0.943 bits per heavy atom. The average molecular weight is 478 g/mol. The van der Waals surface area contributed by atoms with Crippen LogP contribution in [0.25, 0.3) is 0 Å². The molecule has 1 N–H and O–H groups in total. The van der Waals surface area contributed by atoms with Gasteiger partial charge in [0.15, 0.2) is 11.5 Å². The normalized spacial score (nSPS) is 19.9. The number of hydrogen-bond acceptors (Lipinski definition) is 5. The number of nitrogens with one attached hydrogen (secondary N) is 1. The van der Waals surface area contributed by atoms with E-state index in [1.165, 1.54) is 38.4 Å². The Morgan fingerprint density at radius 2 is 1.66 bits per heavy atom. The Kier molecular flexibility index (Phi) is 6.36. The van der Waals surface area contributed by atoms with E-state index in [2.05, 4.69) is 5.32 Å². The number of ether oxygens (including phenoxy) is 2. The molecule has 0 saturated heterocycles. The fourth-order valence-corrected chi connectivity index (χ4v) is 5.61. The van der Waals surface area contributed by atoms with E-state index >= 15 is 0 Å². The molecular weight excluding hydrogens is 446 g/mol. The fraction of sp³-hybridized carbons (Fsp3) is 0.444. The van der Waals surface area contributed by atoms with Crippen molar-refractivity contribution in [2.45, 2.75) is 57.2 Å². The van der Waals surface area contributed by atoms with Gasteiger partial charge in [-0.2, -0.15) is 0 Å². The minimum Gasteiger partial charge on any atom is -0.493 e. The maximum absolute atomic E-state index is 13.7. The molecule has 5 rings (SSSR count). The van der Waals surface area contributed by atoms with Crippen LogP contribution in [0.15, 0.2) is 36.4 Å². The van der Waals surface area contributed by atoms with Crippen molar-refractivity contribution in [3.05, 3.63) is 53.1 Å². The van der Waals surface area contributed by atoms with Gasteiger partial charge in [0.2, 0.25) is 5.91 Å². The van der Waals surface area contributed by atoms with Gasteiger partial charge >= 0.3 is 0 Å². The van der Waals surface area contributed by atoms with Crippen molar-refractivity contribution in [2.75, 3.05) is 25.7 Å². The number of amides is 3. The lowest BCUT2D eigenvalue weighted by Gasteiger charge is -2.40. The number of nitrogens with zero attached hydrogens (tertiary/aromatic N) is 2. The highest BCUT2D eigenvalue weighted by atomic mass is 16.5. The summed E-state index contributed by atoms with van der Waals surface area (Å²) in [5.41, 5.74) is 1.90. The van der Waals surface area contributed by atoms with Gasteiger partial charge in [0, 0.05) is 11.6 Å². The Hall–Kier alpha value is -3.55. The number of fused-ring (bicyclic) bond motifs is 5. The zero-order valence-electron chi connectivity index (χ0n) is 20.2. The number of para-hydroxylation sites is 1. The van der Waals surface area contributed by atoms with Crippen LogP contribution in [0, 0.1) is 0 Å². The topological polar surface area (TPSA) is 88.2 Å². The van der Waals surface area contributed by atoms with Gasteiger partial charge in [-0.15, -0.1) is 0 Å². The fourth-order valence-electron chi connectivity index (χ4n) is 5.61. The van der Waals surface area contributed by atoms with Crippen LogP contribution < -0.4 is 19.7 Å². The average Bonchev–Trinajstić information content (AvgIpc) is 3.15. The monoisotopic (exact) mass is 477 g/mol. The molecule has 0 aromatic heterocycles. The van der Waals surface area contributed by atoms with Crippen molar-refractivity contribution in [2.24, 2.45) is 0 Å². The maximum Gasteiger partial charge on any atom is 0.264 e. The van der Waals surface area contributed by atoms with Gasteiger partial charge in [-0.1, -0.05) is 50.3 Å². The summed E-state index contributed by atoms with van der Waals surface area (Å²) in [6.45, 7) is -0.133. The van der Waals surface area contributed by atoms with Crippen LogP contribution in [0.2, 0.25) is 0 Å². The molecule has 2 aromatic carbocycles. The standard InChI is InChI=1S/C27H31N3O5/c1-34-21-15-14-19-23(24(21)35-2)27(33)30-20-13-9-8-12-18(20)26(32)29(25(19)30)16-22(31)28-17-10-6-4-3-5-7-11-17/h8-9,12-15,17,25H,3-7,10-11,16H2,1-2H3,(H,28,31)/t25-/m0/s1. The van der Waals surface area contributed by atoms with Gasteiger partial charge in [0.25, 0.3) is 11.8 Å². The minimum atomic E-state index is -0.734. The number of benzene rings is 2. The van der Waals surface area contributed by atoms with Gasteiger partial charge < -0.3 is 19.7 Å². The first kappa shape index (κ1) is 23.2. The molecule has 3 aliphatic rings. The Bertz CT molecular complexity index is 1160. The molecule has 0 spiro atoms. The summed E-state index contributed by atoms with van der Waals surface area (Å²) in [4.78, 5) is 43.6. The van der Waals surface area contributed by atoms with Gasteiger partial charge in [-0.3, -0.25) is 19.3 Å². The summed E-state index contributed by atoms with van der Waals surface area (Å²) < 4.78 is 11.0. The van der Waals surface area contributed by atoms with Crippen molar-refractivity contribution >= 4 is 23.4 Å². The Balaban J connectivity index is 1.51. The largest absolute Gasteiger partial charge is 0.493 e. The summed E-state index contributed by atoms with van der Waals surface area (Å²) in [5.74, 6) is 0.00161. The molecule has 1 aliphatic carbocycles. The van der Waals surface area contributed by atoms with Gasteiger partial charge in [0.05, 0.1) is 31.0 Å². The molecule has 1 atom stereocenters. The molecule has 35 heavy (non-hydrogen) atoms. The van der Waals surface area contributed by atoms with Crippen LogP contribution in [0.1, 0.15) is 77.4 Å². The predicted octanol–water partition coefficient (Wildman–Crippen LogP) is 4.05. The molecular formula is C27H31N3O5. The van der Waals surface area contributed by atoms with E-state index < -0.39 is 6.17 Å². The quantitative estimate of drug-likeness (QED) is 0.702. The number of carbonyl (C=O) groups is 3. The number of anilines is 1. The second-order valence-corrected chi connectivity index (χ2v) is 9.37. The predicted molar refractivity (Wildman–Crippen MR) is 131 cm³/mol. The van der Waals surface area contributed by atoms with E-state index in [1.54, 1.807) is 41.3 Å². The lowest BCUT2D eigenvalue weighted by molar-refractivity contribution is -0.123. The van der Waals surface area contributed by atoms with Crippen molar-refractivity contribution in [1.82, 2.24) is 10.2 Å². The second kappa shape index (κ2) is 9.60. The number of carbonyl (C=O) groups excluding carboxylic acids is 3. The smallest absolute Gasteiger partial charge is 0.264 e. The molecule has 2 heterocycles. The second-order valence-electron chi connectivity index (χ2n) is 9.37. The molecule has 0 radical (unpaired) electrons. The van der Waals surface area contributed by atoms with E-state index in [0.29, 0.717) is 33.9 Å². The summed E-state index contributed by atoms with van der Waals surface area (Å²) in [7, 11) is 3.00. The number of methoxy groups -OCH3 is 2. The molecule has 3 amide bonds. The van der Waals surface area contributed by atoms with E-state index in [9.17, 15) is 14.4 Å². The van der Waals surface area contributed by atoms with E-state index in [-0.39, 0.29) is 30.3 Å². The first-order valence-corrected chi connectivity index (χ1v) is 12.3. The van der Waals surface area contributed by atoms with Gasteiger partial charge in [0.1, 0.15) is 12.7 Å². The van der Waals surface area contributed by atoms with Crippen LogP contribution in [-0.2, 0) is 4.79 Å². The van der Waals surface area contributed by atoms with Crippen molar-refractivity contribution < 1.29 is 23.9 Å². The van der Waals surface area contributed by atoms with Crippen molar-refractivity contribution in [1.29, 1.82) is 0 Å². The third kappa shape index (κ3) is 4.00. The summed E-state index contributed by atoms with van der Waals surface area (Å²) in [6, 6.07) is 10.6. The van der Waals surface area contributed by atoms with E-state index in [4.69, 9.17) is 9.47 Å². The molecule has 2 aromatic rings. The number of hydrogen-bond donors (Lipinski definition) is 1. The first-order valence-electron chi connectivity index (χ1n) is 12.3. The maximum atomic E-state index is 13.7. The summed E-state index contributed by atoms with van der Waals surface area (Å²) in [6.07, 6.45) is 7.00. The van der Waals surface area contributed by atoms with Crippen molar-refractivity contribution in [3.63, 3.8) is 0 Å². The molecule has 184 valence electrons. The van der Waals surface area contributed by atoms with E-state index in [1.807, 2.05) is 0 Å². The minimum absolute atomic E-state index is 0.118. The lowest BCUT2D eigenvalue weighted by atomic mass is 9.96. The molecule has 0 bridgehead atoms. The van der Waals surface area contributed by atoms with Crippen LogP contribution in [-0.4, -0.2) is 49.4 Å². The number of rotatable bonds is 5. The third-order valence-electron chi connectivity index (χ3n) is 7.27. The Morgan fingerprint density at radius 3 is 2.37 bits per heavy atom. The zero-order valence-corrected chi connectivity index (χ0v) is 20.2. The molecule has 1 saturated carbocycles. The molecule has 2 aliphatic heterocycles. The highest BCUT2D eigenvalue weighted by molar-refractivity contribution is 6.18. The third-order valence-corrected chi connectivity index (χ3v) is 7.27. The van der Waals surface area contributed by atoms with E-state index in [0.717, 1.165) is 25.7 Å². The Labute approximate surface area is 205 Å². The molecule has 1 fully saturated rings. The van der Waals surface area contributed by atoms with Crippen LogP contribution in [0.4, 0.5) is 5.69 Å². The zero-order chi connectivity index (χ0) is 24.5.